The Labute approximate surface area is 137 Å². The zero-order chi connectivity index (χ0) is 15.7. The quantitative estimate of drug-likeness (QED) is 0.641. The number of benzene rings is 1. The molecule has 0 aliphatic heterocycles. The first kappa shape index (κ1) is 18.5. The molecule has 21 heavy (non-hydrogen) atoms. The van der Waals surface area contributed by atoms with Crippen LogP contribution in [-0.2, 0) is 11.2 Å². The van der Waals surface area contributed by atoms with E-state index in [1.807, 2.05) is 6.07 Å². The molecule has 0 heterocycles. The molecule has 0 atom stereocenters. The summed E-state index contributed by atoms with van der Waals surface area (Å²) in [6.07, 6.45) is 2.24. The van der Waals surface area contributed by atoms with Crippen LogP contribution < -0.4 is 10.1 Å². The third-order valence-corrected chi connectivity index (χ3v) is 4.11. The van der Waals surface area contributed by atoms with Crippen LogP contribution in [0.5, 0.6) is 5.75 Å². The summed E-state index contributed by atoms with van der Waals surface area (Å²) in [7, 11) is 1.68. The van der Waals surface area contributed by atoms with Crippen LogP contribution in [0.2, 0.25) is 0 Å². The normalized spacial score (nSPS) is 11.7. The second-order valence-electron chi connectivity index (χ2n) is 6.05. The number of halogens is 1. The minimum absolute atomic E-state index is 0.316. The standard InChI is InChI=1S/C17H28BrNO2/c1-5-19-13-17(2,3)9-8-14-6-7-16(15(18)12-14)21-11-10-20-4/h6-7,12,19H,5,8-11,13H2,1-4H3. The van der Waals surface area contributed by atoms with Gasteiger partial charge in [0.1, 0.15) is 12.4 Å². The molecule has 1 rings (SSSR count). The minimum Gasteiger partial charge on any atom is -0.490 e. The van der Waals surface area contributed by atoms with E-state index in [1.54, 1.807) is 7.11 Å². The van der Waals surface area contributed by atoms with E-state index in [0.29, 0.717) is 18.6 Å². The van der Waals surface area contributed by atoms with E-state index in [4.69, 9.17) is 9.47 Å². The molecular weight excluding hydrogens is 330 g/mol. The molecule has 0 aromatic heterocycles. The van der Waals surface area contributed by atoms with E-state index in [-0.39, 0.29) is 0 Å². The number of aryl methyl sites for hydroxylation is 1. The van der Waals surface area contributed by atoms with Crippen molar-refractivity contribution in [2.24, 2.45) is 5.41 Å². The molecule has 0 aliphatic carbocycles. The fourth-order valence-corrected chi connectivity index (χ4v) is 2.63. The summed E-state index contributed by atoms with van der Waals surface area (Å²) in [5.41, 5.74) is 1.65. The van der Waals surface area contributed by atoms with Gasteiger partial charge < -0.3 is 14.8 Å². The first-order valence-corrected chi connectivity index (χ1v) is 8.38. The number of rotatable bonds is 10. The van der Waals surface area contributed by atoms with Gasteiger partial charge in [0.25, 0.3) is 0 Å². The lowest BCUT2D eigenvalue weighted by Gasteiger charge is -2.25. The number of ether oxygens (including phenoxy) is 2. The van der Waals surface area contributed by atoms with Crippen LogP contribution in [0.15, 0.2) is 22.7 Å². The lowest BCUT2D eigenvalue weighted by Crippen LogP contribution is -2.29. The maximum absolute atomic E-state index is 5.65. The van der Waals surface area contributed by atoms with Gasteiger partial charge in [0.2, 0.25) is 0 Å². The highest BCUT2D eigenvalue weighted by molar-refractivity contribution is 9.10. The van der Waals surface area contributed by atoms with Gasteiger partial charge in [0.05, 0.1) is 11.1 Å². The monoisotopic (exact) mass is 357 g/mol. The topological polar surface area (TPSA) is 30.5 Å². The Morgan fingerprint density at radius 2 is 2.00 bits per heavy atom. The third kappa shape index (κ3) is 7.30. The van der Waals surface area contributed by atoms with Gasteiger partial charge >= 0.3 is 0 Å². The predicted octanol–water partition coefficient (Wildman–Crippen LogP) is 4.04. The number of hydrogen-bond donors (Lipinski definition) is 1. The van der Waals surface area contributed by atoms with Crippen molar-refractivity contribution in [3.05, 3.63) is 28.2 Å². The minimum atomic E-state index is 0.316. The molecule has 0 spiro atoms. The molecule has 120 valence electrons. The second-order valence-corrected chi connectivity index (χ2v) is 6.90. The lowest BCUT2D eigenvalue weighted by atomic mass is 9.86. The first-order chi connectivity index (χ1) is 9.98. The molecule has 0 radical (unpaired) electrons. The van der Waals surface area contributed by atoms with E-state index < -0.39 is 0 Å². The molecule has 1 N–H and O–H groups in total. The van der Waals surface area contributed by atoms with Gasteiger partial charge in [-0.1, -0.05) is 26.8 Å². The summed E-state index contributed by atoms with van der Waals surface area (Å²) in [5, 5.41) is 3.43. The maximum Gasteiger partial charge on any atom is 0.133 e. The SMILES string of the molecule is CCNCC(C)(C)CCc1ccc(OCCOC)c(Br)c1. The Bertz CT molecular complexity index is 421. The zero-order valence-electron chi connectivity index (χ0n) is 13.7. The van der Waals surface area contributed by atoms with E-state index >= 15 is 0 Å². The highest BCUT2D eigenvalue weighted by Gasteiger charge is 2.17. The van der Waals surface area contributed by atoms with Crippen LogP contribution in [-0.4, -0.2) is 33.4 Å². The van der Waals surface area contributed by atoms with Crippen molar-refractivity contribution in [2.75, 3.05) is 33.4 Å². The fourth-order valence-electron chi connectivity index (χ4n) is 2.09. The summed E-state index contributed by atoms with van der Waals surface area (Å²) < 4.78 is 11.7. The van der Waals surface area contributed by atoms with Crippen molar-refractivity contribution in [3.8, 4) is 5.75 Å². The molecule has 1 aromatic rings. The first-order valence-electron chi connectivity index (χ1n) is 7.59. The van der Waals surface area contributed by atoms with E-state index in [2.05, 4.69) is 54.2 Å². The third-order valence-electron chi connectivity index (χ3n) is 3.49. The predicted molar refractivity (Wildman–Crippen MR) is 92.2 cm³/mol. The number of methoxy groups -OCH3 is 1. The van der Waals surface area contributed by atoms with Crippen LogP contribution in [0.25, 0.3) is 0 Å². The van der Waals surface area contributed by atoms with E-state index in [1.165, 1.54) is 5.56 Å². The van der Waals surface area contributed by atoms with Crippen LogP contribution >= 0.6 is 15.9 Å². The molecule has 0 fully saturated rings. The summed E-state index contributed by atoms with van der Waals surface area (Å²) in [4.78, 5) is 0. The van der Waals surface area contributed by atoms with Crippen LogP contribution in [0.3, 0.4) is 0 Å². The van der Waals surface area contributed by atoms with Crippen molar-refractivity contribution in [3.63, 3.8) is 0 Å². The highest BCUT2D eigenvalue weighted by Crippen LogP contribution is 2.28. The van der Waals surface area contributed by atoms with Gasteiger partial charge in [0, 0.05) is 13.7 Å². The van der Waals surface area contributed by atoms with Gasteiger partial charge in [0.15, 0.2) is 0 Å². The summed E-state index contributed by atoms with van der Waals surface area (Å²) in [6.45, 7) is 10.0. The zero-order valence-corrected chi connectivity index (χ0v) is 15.3. The van der Waals surface area contributed by atoms with Crippen LogP contribution in [0.1, 0.15) is 32.8 Å². The maximum atomic E-state index is 5.65. The smallest absolute Gasteiger partial charge is 0.133 e. The number of nitrogens with one attached hydrogen (secondary N) is 1. The van der Waals surface area contributed by atoms with Crippen molar-refractivity contribution in [2.45, 2.75) is 33.6 Å². The van der Waals surface area contributed by atoms with Crippen molar-refractivity contribution in [1.82, 2.24) is 5.32 Å². The molecule has 4 heteroatoms. The van der Waals surface area contributed by atoms with Gasteiger partial charge in [-0.3, -0.25) is 0 Å². The van der Waals surface area contributed by atoms with Gasteiger partial charge in [-0.05, 0) is 58.4 Å². The molecule has 3 nitrogen and oxygen atoms in total. The summed E-state index contributed by atoms with van der Waals surface area (Å²) >= 11 is 3.58. The Kier molecular flexibility index (Phi) is 8.30. The average Bonchev–Trinajstić information content (AvgIpc) is 2.45. The average molecular weight is 358 g/mol. The molecule has 0 aliphatic rings. The molecule has 0 unspecified atom stereocenters. The van der Waals surface area contributed by atoms with Crippen LogP contribution in [0, 0.1) is 5.41 Å². The number of hydrogen-bond acceptors (Lipinski definition) is 3. The molecule has 0 amide bonds. The summed E-state index contributed by atoms with van der Waals surface area (Å²) in [5.74, 6) is 0.878. The Morgan fingerprint density at radius 1 is 1.24 bits per heavy atom. The molecule has 0 bridgehead atoms. The van der Waals surface area contributed by atoms with Crippen molar-refractivity contribution < 1.29 is 9.47 Å². The molecular formula is C17H28BrNO2. The Hall–Kier alpha value is -0.580. The Morgan fingerprint density at radius 3 is 2.62 bits per heavy atom. The molecule has 0 saturated heterocycles. The van der Waals surface area contributed by atoms with Crippen molar-refractivity contribution in [1.29, 1.82) is 0 Å². The lowest BCUT2D eigenvalue weighted by molar-refractivity contribution is 0.146. The largest absolute Gasteiger partial charge is 0.490 e. The van der Waals surface area contributed by atoms with Crippen LogP contribution in [0.4, 0.5) is 0 Å². The second kappa shape index (κ2) is 9.44. The molecule has 1 aromatic carbocycles. The fraction of sp³-hybridized carbons (Fsp3) is 0.647. The Balaban J connectivity index is 2.51. The van der Waals surface area contributed by atoms with E-state index in [9.17, 15) is 0 Å². The van der Waals surface area contributed by atoms with E-state index in [0.717, 1.165) is 36.2 Å². The van der Waals surface area contributed by atoms with Gasteiger partial charge in [-0.2, -0.15) is 0 Å². The molecule has 0 saturated carbocycles. The van der Waals surface area contributed by atoms with Gasteiger partial charge in [-0.15, -0.1) is 0 Å². The van der Waals surface area contributed by atoms with Crippen molar-refractivity contribution >= 4 is 15.9 Å². The van der Waals surface area contributed by atoms with Gasteiger partial charge in [-0.25, -0.2) is 0 Å². The highest BCUT2D eigenvalue weighted by atomic mass is 79.9. The summed E-state index contributed by atoms with van der Waals surface area (Å²) in [6, 6.07) is 6.34.